The second-order valence-electron chi connectivity index (χ2n) is 2.66. The topological polar surface area (TPSA) is 12.0 Å². The fourth-order valence-electron chi connectivity index (χ4n) is 1.06. The van der Waals surface area contributed by atoms with Gasteiger partial charge in [0, 0.05) is 18.3 Å². The fourth-order valence-corrected chi connectivity index (χ4v) is 1.61. The number of rotatable bonds is 7. The summed E-state index contributed by atoms with van der Waals surface area (Å²) in [6, 6.07) is 0.743. The molecule has 0 saturated heterocycles. The molecule has 1 N–H and O–H groups in total. The maximum absolute atomic E-state index is 3.53. The molecule has 0 aliphatic rings. The van der Waals surface area contributed by atoms with E-state index in [-0.39, 0.29) is 0 Å². The van der Waals surface area contributed by atoms with Gasteiger partial charge < -0.3 is 5.32 Å². The predicted molar refractivity (Wildman–Crippen MR) is 55.4 cm³/mol. The molecule has 0 aromatic carbocycles. The van der Waals surface area contributed by atoms with Crippen LogP contribution in [0.2, 0.25) is 0 Å². The summed E-state index contributed by atoms with van der Waals surface area (Å²) in [5, 5.41) is 3.53. The third-order valence-corrected chi connectivity index (χ3v) is 2.77. The Bertz CT molecular complexity index is 72.0. The molecule has 2 heteroatoms. The molecular weight excluding hydrogens is 154 g/mol. The van der Waals surface area contributed by atoms with Gasteiger partial charge in [0.25, 0.3) is 0 Å². The lowest BCUT2D eigenvalue weighted by Gasteiger charge is -2.13. The lowest BCUT2D eigenvalue weighted by molar-refractivity contribution is 0.501. The first kappa shape index (κ1) is 11.3. The van der Waals surface area contributed by atoms with Crippen LogP contribution in [0.25, 0.3) is 0 Å². The number of nitrogens with one attached hydrogen (secondary N) is 1. The van der Waals surface area contributed by atoms with Gasteiger partial charge in [-0.05, 0) is 18.6 Å². The summed E-state index contributed by atoms with van der Waals surface area (Å²) in [6.07, 6.45) is 2.51. The van der Waals surface area contributed by atoms with Gasteiger partial charge in [-0.25, -0.2) is 0 Å². The maximum atomic E-state index is 3.53. The van der Waals surface area contributed by atoms with Crippen molar-refractivity contribution in [3.63, 3.8) is 0 Å². The van der Waals surface area contributed by atoms with Crippen LogP contribution in [0, 0.1) is 0 Å². The minimum absolute atomic E-state index is 0.743. The highest BCUT2D eigenvalue weighted by Gasteiger charge is 1.99. The Balaban J connectivity index is 3.07. The Kier molecular flexibility index (Phi) is 8.64. The van der Waals surface area contributed by atoms with Crippen LogP contribution in [0.15, 0.2) is 0 Å². The first-order chi connectivity index (χ1) is 5.35. The van der Waals surface area contributed by atoms with Crippen molar-refractivity contribution in [1.29, 1.82) is 0 Å². The van der Waals surface area contributed by atoms with E-state index in [4.69, 9.17) is 0 Å². The van der Waals surface area contributed by atoms with Gasteiger partial charge in [-0.1, -0.05) is 20.8 Å². The molecule has 0 heterocycles. The van der Waals surface area contributed by atoms with Gasteiger partial charge >= 0.3 is 0 Å². The molecule has 0 aliphatic heterocycles. The molecule has 0 aromatic heterocycles. The molecule has 0 saturated carbocycles. The van der Waals surface area contributed by atoms with E-state index >= 15 is 0 Å². The van der Waals surface area contributed by atoms with Crippen LogP contribution >= 0.6 is 11.8 Å². The molecule has 1 nitrogen and oxygen atoms in total. The first-order valence-corrected chi connectivity index (χ1v) is 5.81. The van der Waals surface area contributed by atoms with Crippen molar-refractivity contribution in [3.8, 4) is 0 Å². The van der Waals surface area contributed by atoms with E-state index in [1.165, 1.54) is 30.9 Å². The van der Waals surface area contributed by atoms with E-state index in [1.807, 2.05) is 11.8 Å². The van der Waals surface area contributed by atoms with E-state index in [9.17, 15) is 0 Å². The van der Waals surface area contributed by atoms with Crippen LogP contribution in [0.5, 0.6) is 0 Å². The van der Waals surface area contributed by atoms with E-state index < -0.39 is 0 Å². The third kappa shape index (κ3) is 6.70. The molecule has 0 fully saturated rings. The Labute approximate surface area is 75.3 Å². The molecule has 0 amide bonds. The zero-order valence-electron chi connectivity index (χ0n) is 8.02. The van der Waals surface area contributed by atoms with Gasteiger partial charge in [0.2, 0.25) is 0 Å². The largest absolute Gasteiger partial charge is 0.313 e. The van der Waals surface area contributed by atoms with Crippen LogP contribution in [-0.4, -0.2) is 24.1 Å². The minimum atomic E-state index is 0.743. The van der Waals surface area contributed by atoms with Gasteiger partial charge in [0.15, 0.2) is 0 Å². The van der Waals surface area contributed by atoms with Crippen LogP contribution in [0.3, 0.4) is 0 Å². The minimum Gasteiger partial charge on any atom is -0.313 e. The first-order valence-electron chi connectivity index (χ1n) is 4.66. The Hall–Kier alpha value is 0.310. The van der Waals surface area contributed by atoms with Crippen molar-refractivity contribution in [2.75, 3.05) is 18.1 Å². The average Bonchev–Trinajstić information content (AvgIpc) is 2.05. The van der Waals surface area contributed by atoms with Gasteiger partial charge in [-0.2, -0.15) is 11.8 Å². The normalized spacial score (nSPS) is 10.9. The summed E-state index contributed by atoms with van der Waals surface area (Å²) in [5.74, 6) is 2.50. The van der Waals surface area contributed by atoms with Crippen molar-refractivity contribution < 1.29 is 0 Å². The van der Waals surface area contributed by atoms with Crippen molar-refractivity contribution in [3.05, 3.63) is 0 Å². The molecule has 0 spiro atoms. The quantitative estimate of drug-likeness (QED) is 0.597. The van der Waals surface area contributed by atoms with Crippen LogP contribution in [0.1, 0.15) is 33.6 Å². The predicted octanol–water partition coefficient (Wildman–Crippen LogP) is 2.52. The zero-order chi connectivity index (χ0) is 8.53. The van der Waals surface area contributed by atoms with Gasteiger partial charge in [-0.3, -0.25) is 0 Å². The van der Waals surface area contributed by atoms with Crippen LogP contribution in [0.4, 0.5) is 0 Å². The van der Waals surface area contributed by atoms with Gasteiger partial charge in [-0.15, -0.1) is 0 Å². The van der Waals surface area contributed by atoms with Gasteiger partial charge in [0.1, 0.15) is 0 Å². The highest BCUT2D eigenvalue weighted by Crippen LogP contribution is 1.98. The molecule has 0 aliphatic carbocycles. The third-order valence-electron chi connectivity index (χ3n) is 1.87. The summed E-state index contributed by atoms with van der Waals surface area (Å²) < 4.78 is 0. The number of hydrogen-bond acceptors (Lipinski definition) is 2. The summed E-state index contributed by atoms with van der Waals surface area (Å²) in [5.41, 5.74) is 0. The molecule has 0 bridgehead atoms. The molecule has 0 aromatic rings. The van der Waals surface area contributed by atoms with Crippen LogP contribution in [-0.2, 0) is 0 Å². The Morgan fingerprint density at radius 1 is 1.18 bits per heavy atom. The fraction of sp³-hybridized carbons (Fsp3) is 1.00. The second-order valence-corrected chi connectivity index (χ2v) is 4.06. The van der Waals surface area contributed by atoms with Crippen molar-refractivity contribution in [1.82, 2.24) is 5.32 Å². The molecule has 0 radical (unpaired) electrons. The molecular formula is C9H21NS. The monoisotopic (exact) mass is 175 g/mol. The number of thioether (sulfide) groups is 1. The molecule has 11 heavy (non-hydrogen) atoms. The SMILES string of the molecule is CCSCCNC(CC)CC. The Morgan fingerprint density at radius 3 is 2.27 bits per heavy atom. The smallest absolute Gasteiger partial charge is 0.00621 e. The van der Waals surface area contributed by atoms with Crippen LogP contribution < -0.4 is 5.32 Å². The van der Waals surface area contributed by atoms with E-state index in [1.54, 1.807) is 0 Å². The maximum Gasteiger partial charge on any atom is 0.00621 e. The summed E-state index contributed by atoms with van der Waals surface area (Å²) in [7, 11) is 0. The summed E-state index contributed by atoms with van der Waals surface area (Å²) >= 11 is 2.01. The van der Waals surface area contributed by atoms with Crippen molar-refractivity contribution in [2.24, 2.45) is 0 Å². The lowest BCUT2D eigenvalue weighted by Crippen LogP contribution is -2.29. The van der Waals surface area contributed by atoms with Crippen molar-refractivity contribution >= 4 is 11.8 Å². The molecule has 0 unspecified atom stereocenters. The highest BCUT2D eigenvalue weighted by molar-refractivity contribution is 7.99. The van der Waals surface area contributed by atoms with E-state index in [0.717, 1.165) is 6.04 Å². The van der Waals surface area contributed by atoms with E-state index in [0.29, 0.717) is 0 Å². The standard InChI is InChI=1S/C9H21NS/c1-4-9(5-2)10-7-8-11-6-3/h9-10H,4-8H2,1-3H3. The van der Waals surface area contributed by atoms with Crippen molar-refractivity contribution in [2.45, 2.75) is 39.7 Å². The molecule has 0 rings (SSSR count). The summed E-state index contributed by atoms with van der Waals surface area (Å²) in [4.78, 5) is 0. The highest BCUT2D eigenvalue weighted by atomic mass is 32.2. The lowest BCUT2D eigenvalue weighted by atomic mass is 10.2. The molecule has 0 atom stereocenters. The second kappa shape index (κ2) is 8.41. The Morgan fingerprint density at radius 2 is 1.82 bits per heavy atom. The molecule has 68 valence electrons. The average molecular weight is 175 g/mol. The summed E-state index contributed by atoms with van der Waals surface area (Å²) in [6.45, 7) is 7.87. The number of hydrogen-bond donors (Lipinski definition) is 1. The zero-order valence-corrected chi connectivity index (χ0v) is 8.84. The van der Waals surface area contributed by atoms with E-state index in [2.05, 4.69) is 26.1 Å². The van der Waals surface area contributed by atoms with Gasteiger partial charge in [0.05, 0.1) is 0 Å².